The Morgan fingerprint density at radius 3 is 2.14 bits per heavy atom. The van der Waals surface area contributed by atoms with Crippen LogP contribution in [0.2, 0.25) is 5.02 Å². The average molecular weight is 400 g/mol. The van der Waals surface area contributed by atoms with Crippen molar-refractivity contribution in [1.82, 2.24) is 4.90 Å². The first-order chi connectivity index (χ1) is 13.5. The number of carbonyl (C=O) groups is 4. The molecule has 1 saturated heterocycles. The fourth-order valence-electron chi connectivity index (χ4n) is 5.21. The van der Waals surface area contributed by atoms with Crippen molar-refractivity contribution < 1.29 is 23.9 Å². The molecule has 0 radical (unpaired) electrons. The van der Waals surface area contributed by atoms with Crippen LogP contribution in [0.4, 0.5) is 0 Å². The van der Waals surface area contributed by atoms with Gasteiger partial charge in [0.15, 0.2) is 12.4 Å². The van der Waals surface area contributed by atoms with Gasteiger partial charge in [-0.2, -0.15) is 0 Å². The Hall–Kier alpha value is -2.47. The number of nitrogens with zero attached hydrogens (tertiary/aromatic N) is 1. The van der Waals surface area contributed by atoms with Gasteiger partial charge in [-0.15, -0.1) is 0 Å². The van der Waals surface area contributed by atoms with Crippen molar-refractivity contribution in [2.45, 2.75) is 6.42 Å². The standard InChI is InChI=1S/C21H18ClNO5/c22-11-3-1-10(2-4-11)16(24)9-28-17(25)8-23-20(26)18-12-5-6-13(15-7-14(12)15)19(18)21(23)27/h1-6,12-15,18-19H,7-9H2/t12-,13+,14-,15+,18-,19+. The number of hydrogen-bond donors (Lipinski definition) is 0. The predicted molar refractivity (Wildman–Crippen MR) is 98.2 cm³/mol. The van der Waals surface area contributed by atoms with Crippen LogP contribution in [-0.4, -0.2) is 41.6 Å². The van der Waals surface area contributed by atoms with Gasteiger partial charge in [-0.05, 0) is 54.4 Å². The highest BCUT2D eigenvalue weighted by Gasteiger charge is 2.67. The van der Waals surface area contributed by atoms with Crippen LogP contribution in [0.1, 0.15) is 16.8 Å². The summed E-state index contributed by atoms with van der Waals surface area (Å²) in [4.78, 5) is 50.9. The van der Waals surface area contributed by atoms with Gasteiger partial charge in [0.25, 0.3) is 0 Å². The lowest BCUT2D eigenvalue weighted by Crippen LogP contribution is -2.40. The van der Waals surface area contributed by atoms with Crippen LogP contribution in [-0.2, 0) is 19.1 Å². The van der Waals surface area contributed by atoms with Crippen LogP contribution in [0, 0.1) is 35.5 Å². The summed E-state index contributed by atoms with van der Waals surface area (Å²) in [6.45, 7) is -0.881. The van der Waals surface area contributed by atoms with Gasteiger partial charge in [0.2, 0.25) is 11.8 Å². The van der Waals surface area contributed by atoms with Crippen LogP contribution in [0.5, 0.6) is 0 Å². The maximum absolute atomic E-state index is 12.8. The zero-order valence-electron chi connectivity index (χ0n) is 14.9. The summed E-state index contributed by atoms with van der Waals surface area (Å²) in [5, 5.41) is 0.502. The number of allylic oxidation sites excluding steroid dienone is 2. The Morgan fingerprint density at radius 1 is 1.00 bits per heavy atom. The second kappa shape index (κ2) is 6.27. The highest BCUT2D eigenvalue weighted by Crippen LogP contribution is 2.65. The molecule has 0 unspecified atom stereocenters. The number of benzene rings is 1. The molecular weight excluding hydrogens is 382 g/mol. The molecular formula is C21H18ClNO5. The average Bonchev–Trinajstić information content (AvgIpc) is 3.48. The van der Waals surface area contributed by atoms with Crippen molar-refractivity contribution in [3.8, 4) is 0 Å². The van der Waals surface area contributed by atoms with E-state index in [1.165, 1.54) is 0 Å². The van der Waals surface area contributed by atoms with Crippen molar-refractivity contribution in [1.29, 1.82) is 0 Å². The molecule has 1 aromatic rings. The van der Waals surface area contributed by atoms with E-state index in [0.29, 0.717) is 22.4 Å². The maximum atomic E-state index is 12.8. The molecule has 1 heterocycles. The summed E-state index contributed by atoms with van der Waals surface area (Å²) >= 11 is 5.78. The number of hydrogen-bond acceptors (Lipinski definition) is 5. The first-order valence-electron chi connectivity index (χ1n) is 9.43. The van der Waals surface area contributed by atoms with Crippen molar-refractivity contribution >= 4 is 35.2 Å². The normalized spacial score (nSPS) is 34.2. The van der Waals surface area contributed by atoms with E-state index >= 15 is 0 Å². The summed E-state index contributed by atoms with van der Waals surface area (Å²) < 4.78 is 5.02. The SMILES string of the molecule is O=C(CN1C(=O)[C@@H]2[C@@H]3C=C[C@@H]([C@@H]4C[C@H]34)[C@@H]2C1=O)OCC(=O)c1ccc(Cl)cc1. The van der Waals surface area contributed by atoms with E-state index in [2.05, 4.69) is 12.2 Å². The molecule has 144 valence electrons. The second-order valence-electron chi connectivity index (χ2n) is 8.01. The minimum absolute atomic E-state index is 0.115. The number of imide groups is 1. The van der Waals surface area contributed by atoms with Gasteiger partial charge in [0, 0.05) is 10.6 Å². The van der Waals surface area contributed by atoms with E-state index in [0.717, 1.165) is 11.3 Å². The van der Waals surface area contributed by atoms with Gasteiger partial charge in [0.1, 0.15) is 6.54 Å². The lowest BCUT2D eigenvalue weighted by molar-refractivity contribution is -0.152. The number of esters is 1. The van der Waals surface area contributed by atoms with Gasteiger partial charge in [-0.3, -0.25) is 24.1 Å². The number of halogens is 1. The van der Waals surface area contributed by atoms with Gasteiger partial charge in [-0.25, -0.2) is 0 Å². The third-order valence-electron chi connectivity index (χ3n) is 6.57. The maximum Gasteiger partial charge on any atom is 0.326 e. The fraction of sp³-hybridized carbons (Fsp3) is 0.429. The Labute approximate surface area is 166 Å². The van der Waals surface area contributed by atoms with E-state index in [9.17, 15) is 19.2 Å². The van der Waals surface area contributed by atoms with Crippen molar-refractivity contribution in [3.05, 3.63) is 47.0 Å². The third-order valence-corrected chi connectivity index (χ3v) is 6.82. The number of Topliss-reactive ketones (excluding diaryl/α,β-unsaturated/α-hetero) is 1. The predicted octanol–water partition coefficient (Wildman–Crippen LogP) is 2.12. The second-order valence-corrected chi connectivity index (χ2v) is 8.44. The van der Waals surface area contributed by atoms with Crippen molar-refractivity contribution in [2.75, 3.05) is 13.2 Å². The molecule has 28 heavy (non-hydrogen) atoms. The first-order valence-corrected chi connectivity index (χ1v) is 9.81. The lowest BCUT2D eigenvalue weighted by atomic mass is 9.63. The van der Waals surface area contributed by atoms with Crippen molar-refractivity contribution in [2.24, 2.45) is 35.5 Å². The number of rotatable bonds is 5. The molecule has 0 aromatic heterocycles. The topological polar surface area (TPSA) is 80.8 Å². The van der Waals surface area contributed by atoms with Gasteiger partial charge in [-0.1, -0.05) is 23.8 Å². The molecule has 3 fully saturated rings. The molecule has 1 aliphatic heterocycles. The van der Waals surface area contributed by atoms with E-state index in [4.69, 9.17) is 16.3 Å². The largest absolute Gasteiger partial charge is 0.456 e. The minimum Gasteiger partial charge on any atom is -0.456 e. The molecule has 2 amide bonds. The van der Waals surface area contributed by atoms with E-state index in [1.807, 2.05) is 0 Å². The number of carbonyl (C=O) groups excluding carboxylic acids is 4. The molecule has 2 bridgehead atoms. The smallest absolute Gasteiger partial charge is 0.326 e. The van der Waals surface area contributed by atoms with E-state index in [-0.39, 0.29) is 41.3 Å². The summed E-state index contributed by atoms with van der Waals surface area (Å²) in [7, 11) is 0. The van der Waals surface area contributed by atoms with Gasteiger partial charge in [0.05, 0.1) is 11.8 Å². The van der Waals surface area contributed by atoms with Crippen LogP contribution >= 0.6 is 11.6 Å². The molecule has 4 aliphatic carbocycles. The van der Waals surface area contributed by atoms with Crippen LogP contribution in [0.3, 0.4) is 0 Å². The Balaban J connectivity index is 1.21. The molecule has 0 spiro atoms. The third kappa shape index (κ3) is 2.62. The number of likely N-dealkylation sites (tertiary alicyclic amines) is 1. The molecule has 6 rings (SSSR count). The van der Waals surface area contributed by atoms with Gasteiger partial charge >= 0.3 is 5.97 Å². The van der Waals surface area contributed by atoms with Crippen molar-refractivity contribution in [3.63, 3.8) is 0 Å². The summed E-state index contributed by atoms with van der Waals surface area (Å²) in [5.74, 6) is -1.11. The highest BCUT2D eigenvalue weighted by molar-refractivity contribution is 6.30. The molecule has 5 aliphatic rings. The molecule has 6 nitrogen and oxygen atoms in total. The summed E-state index contributed by atoms with van der Waals surface area (Å²) in [6, 6.07) is 6.25. The number of amides is 2. The molecule has 0 N–H and O–H groups in total. The molecule has 1 aromatic carbocycles. The Morgan fingerprint density at radius 2 is 1.57 bits per heavy atom. The highest BCUT2D eigenvalue weighted by atomic mass is 35.5. The zero-order chi connectivity index (χ0) is 19.6. The molecule has 7 heteroatoms. The number of ether oxygens (including phenoxy) is 1. The van der Waals surface area contributed by atoms with Gasteiger partial charge < -0.3 is 4.74 Å². The minimum atomic E-state index is -0.756. The van der Waals surface area contributed by atoms with Crippen LogP contribution in [0.25, 0.3) is 0 Å². The zero-order valence-corrected chi connectivity index (χ0v) is 15.7. The first kappa shape index (κ1) is 17.6. The van der Waals surface area contributed by atoms with Crippen LogP contribution in [0.15, 0.2) is 36.4 Å². The quantitative estimate of drug-likeness (QED) is 0.328. The summed E-state index contributed by atoms with van der Waals surface area (Å²) in [6.07, 6.45) is 5.25. The Bertz CT molecular complexity index is 887. The molecule has 2 saturated carbocycles. The number of ketones is 1. The molecule has 6 atom stereocenters. The van der Waals surface area contributed by atoms with E-state index in [1.54, 1.807) is 24.3 Å². The van der Waals surface area contributed by atoms with E-state index < -0.39 is 19.1 Å². The fourth-order valence-corrected chi connectivity index (χ4v) is 5.34. The lowest BCUT2D eigenvalue weighted by Gasteiger charge is -2.37. The van der Waals surface area contributed by atoms with Crippen LogP contribution < -0.4 is 0 Å². The summed E-state index contributed by atoms with van der Waals surface area (Å²) in [5.41, 5.74) is 0.374. The Kier molecular flexibility index (Phi) is 3.95. The monoisotopic (exact) mass is 399 g/mol.